The summed E-state index contributed by atoms with van der Waals surface area (Å²) in [6.45, 7) is 4.15. The molecule has 0 amide bonds. The van der Waals surface area contributed by atoms with Crippen LogP contribution in [0.25, 0.3) is 0 Å². The highest BCUT2D eigenvalue weighted by Gasteiger charge is 2.65. The van der Waals surface area contributed by atoms with Gasteiger partial charge < -0.3 is 10.1 Å². The molecule has 1 heterocycles. The Bertz CT molecular complexity index is 540. The molecule has 3 fully saturated rings. The molecule has 3 saturated carbocycles. The van der Waals surface area contributed by atoms with E-state index in [1.54, 1.807) is 11.3 Å². The summed E-state index contributed by atoms with van der Waals surface area (Å²) in [6.07, 6.45) is 4.31. The van der Waals surface area contributed by atoms with Crippen LogP contribution in [-0.2, 0) is 4.74 Å². The first-order valence-corrected chi connectivity index (χ1v) is 8.41. The largest absolute Gasteiger partial charge is 0.461 e. The molecule has 4 rings (SSSR count). The van der Waals surface area contributed by atoms with E-state index in [2.05, 4.69) is 10.3 Å². The Morgan fingerprint density at radius 2 is 2.10 bits per heavy atom. The first kappa shape index (κ1) is 12.6. The topological polar surface area (TPSA) is 51.2 Å². The van der Waals surface area contributed by atoms with Gasteiger partial charge in [0.25, 0.3) is 0 Å². The Morgan fingerprint density at radius 3 is 2.75 bits per heavy atom. The van der Waals surface area contributed by atoms with Crippen LogP contribution in [0.1, 0.15) is 41.6 Å². The second kappa shape index (κ2) is 4.45. The number of nitrogens with zero attached hydrogens (tertiary/aromatic N) is 1. The third kappa shape index (κ3) is 1.79. The second-order valence-electron chi connectivity index (χ2n) is 6.30. The molecule has 5 heteroatoms. The van der Waals surface area contributed by atoms with Crippen LogP contribution in [-0.4, -0.2) is 23.6 Å². The summed E-state index contributed by atoms with van der Waals surface area (Å²) in [4.78, 5) is 17.2. The molecule has 4 atom stereocenters. The summed E-state index contributed by atoms with van der Waals surface area (Å²) in [5.41, 5.74) is 0.480. The number of rotatable bonds is 4. The van der Waals surface area contributed by atoms with Crippen LogP contribution in [0.15, 0.2) is 0 Å². The van der Waals surface area contributed by atoms with Gasteiger partial charge in [-0.1, -0.05) is 0 Å². The van der Waals surface area contributed by atoms with E-state index in [0.717, 1.165) is 33.7 Å². The Morgan fingerprint density at radius 1 is 1.40 bits per heavy atom. The van der Waals surface area contributed by atoms with Gasteiger partial charge in [-0.05, 0) is 56.8 Å². The molecule has 0 saturated heterocycles. The summed E-state index contributed by atoms with van der Waals surface area (Å²) < 4.78 is 5.04. The van der Waals surface area contributed by atoms with Crippen molar-refractivity contribution in [1.29, 1.82) is 0 Å². The number of nitrogens with one attached hydrogen (secondary N) is 1. The number of anilines is 1. The Balaban J connectivity index is 1.46. The number of hydrogen-bond donors (Lipinski definition) is 1. The highest BCUT2D eigenvalue weighted by molar-refractivity contribution is 7.15. The van der Waals surface area contributed by atoms with Gasteiger partial charge in [0.15, 0.2) is 10.8 Å². The third-order valence-electron chi connectivity index (χ3n) is 5.29. The van der Waals surface area contributed by atoms with Crippen LogP contribution in [0.4, 0.5) is 5.13 Å². The molecule has 1 aromatic heterocycles. The molecule has 108 valence electrons. The van der Waals surface area contributed by atoms with E-state index in [9.17, 15) is 4.79 Å². The number of carbonyl (C=O) groups excluding carboxylic acids is 1. The Hall–Kier alpha value is -1.10. The maximum atomic E-state index is 11.8. The van der Waals surface area contributed by atoms with Crippen molar-refractivity contribution in [2.45, 2.75) is 39.2 Å². The maximum Gasteiger partial charge on any atom is 0.358 e. The number of aryl methyl sites for hydroxylation is 1. The molecule has 4 nitrogen and oxygen atoms in total. The van der Waals surface area contributed by atoms with Crippen LogP contribution in [0, 0.1) is 30.6 Å². The van der Waals surface area contributed by atoms with E-state index in [0.29, 0.717) is 18.3 Å². The quantitative estimate of drug-likeness (QED) is 0.866. The number of thiazole rings is 1. The lowest BCUT2D eigenvalue weighted by Crippen LogP contribution is -2.13. The molecule has 3 aliphatic rings. The summed E-state index contributed by atoms with van der Waals surface area (Å²) in [7, 11) is 0. The SMILES string of the molecule is CCOC(=O)c1nc(NC2C3C4CCC(C4)C23)sc1C. The predicted molar refractivity (Wildman–Crippen MR) is 78.0 cm³/mol. The number of carbonyl (C=O) groups is 1. The minimum absolute atomic E-state index is 0.301. The van der Waals surface area contributed by atoms with Gasteiger partial charge in [-0.25, -0.2) is 9.78 Å². The lowest BCUT2D eigenvalue weighted by atomic mass is 10.0. The summed E-state index contributed by atoms with van der Waals surface area (Å²) in [5, 5.41) is 4.47. The maximum absolute atomic E-state index is 11.8. The van der Waals surface area contributed by atoms with Crippen molar-refractivity contribution in [2.75, 3.05) is 11.9 Å². The van der Waals surface area contributed by atoms with Gasteiger partial charge in [0.2, 0.25) is 0 Å². The molecule has 0 spiro atoms. The second-order valence-corrected chi connectivity index (χ2v) is 7.51. The first-order valence-electron chi connectivity index (χ1n) is 7.60. The summed E-state index contributed by atoms with van der Waals surface area (Å²) in [6, 6.07) is 0.613. The van der Waals surface area contributed by atoms with Gasteiger partial charge in [-0.3, -0.25) is 0 Å². The van der Waals surface area contributed by atoms with Crippen LogP contribution in [0.2, 0.25) is 0 Å². The summed E-state index contributed by atoms with van der Waals surface area (Å²) in [5.74, 6) is 3.36. The number of esters is 1. The van der Waals surface area contributed by atoms with Gasteiger partial charge in [-0.2, -0.15) is 0 Å². The Labute approximate surface area is 122 Å². The minimum Gasteiger partial charge on any atom is -0.461 e. The van der Waals surface area contributed by atoms with Gasteiger partial charge in [0.05, 0.1) is 6.61 Å². The van der Waals surface area contributed by atoms with Crippen LogP contribution in [0.5, 0.6) is 0 Å². The highest BCUT2D eigenvalue weighted by Crippen LogP contribution is 2.66. The number of fused-ring (bicyclic) bond motifs is 5. The lowest BCUT2D eigenvalue weighted by Gasteiger charge is -2.09. The predicted octanol–water partition coefficient (Wildman–Crippen LogP) is 3.08. The average Bonchev–Trinajstić information content (AvgIpc) is 2.80. The third-order valence-corrected chi connectivity index (χ3v) is 6.19. The number of ether oxygens (including phenoxy) is 1. The zero-order valence-corrected chi connectivity index (χ0v) is 12.7. The molecule has 1 N–H and O–H groups in total. The van der Waals surface area contributed by atoms with Crippen molar-refractivity contribution in [1.82, 2.24) is 4.98 Å². The van der Waals surface area contributed by atoms with E-state index >= 15 is 0 Å². The van der Waals surface area contributed by atoms with Gasteiger partial charge >= 0.3 is 5.97 Å². The van der Waals surface area contributed by atoms with Crippen LogP contribution >= 0.6 is 11.3 Å². The lowest BCUT2D eigenvalue weighted by molar-refractivity contribution is 0.0519. The molecule has 1 aromatic rings. The van der Waals surface area contributed by atoms with E-state index in [1.807, 2.05) is 13.8 Å². The van der Waals surface area contributed by atoms with Crippen molar-refractivity contribution < 1.29 is 9.53 Å². The van der Waals surface area contributed by atoms with Crippen LogP contribution < -0.4 is 5.32 Å². The molecule has 0 aliphatic heterocycles. The molecule has 2 bridgehead atoms. The fourth-order valence-electron chi connectivity index (χ4n) is 4.51. The standard InChI is InChI=1S/C15H20N2O2S/c1-3-19-14(18)12-7(2)20-15(16-12)17-13-10-8-4-5-9(6-8)11(10)13/h8-11,13H,3-6H2,1-2H3,(H,16,17). The molecule has 0 radical (unpaired) electrons. The smallest absolute Gasteiger partial charge is 0.358 e. The fourth-order valence-corrected chi connectivity index (χ4v) is 5.36. The number of aromatic nitrogens is 1. The first-order chi connectivity index (χ1) is 9.69. The zero-order chi connectivity index (χ0) is 13.9. The van der Waals surface area contributed by atoms with Crippen molar-refractivity contribution in [3.8, 4) is 0 Å². The minimum atomic E-state index is -0.301. The van der Waals surface area contributed by atoms with Crippen molar-refractivity contribution in [3.63, 3.8) is 0 Å². The van der Waals surface area contributed by atoms with Crippen LogP contribution in [0.3, 0.4) is 0 Å². The molecule has 3 aliphatic carbocycles. The Kier molecular flexibility index (Phi) is 2.81. The van der Waals surface area contributed by atoms with E-state index in [4.69, 9.17) is 4.74 Å². The molecule has 4 unspecified atom stereocenters. The zero-order valence-electron chi connectivity index (χ0n) is 11.9. The molecule has 0 aromatic carbocycles. The monoisotopic (exact) mass is 292 g/mol. The van der Waals surface area contributed by atoms with E-state index in [1.165, 1.54) is 19.3 Å². The number of hydrogen-bond acceptors (Lipinski definition) is 5. The van der Waals surface area contributed by atoms with E-state index < -0.39 is 0 Å². The summed E-state index contributed by atoms with van der Waals surface area (Å²) >= 11 is 1.58. The normalized spacial score (nSPS) is 36.8. The van der Waals surface area contributed by atoms with E-state index in [-0.39, 0.29) is 5.97 Å². The van der Waals surface area contributed by atoms with Crippen molar-refractivity contribution in [3.05, 3.63) is 10.6 Å². The fraction of sp³-hybridized carbons (Fsp3) is 0.733. The highest BCUT2D eigenvalue weighted by atomic mass is 32.1. The molecular formula is C15H20N2O2S. The van der Waals surface area contributed by atoms with Crippen molar-refractivity contribution >= 4 is 22.4 Å². The van der Waals surface area contributed by atoms with Crippen molar-refractivity contribution in [2.24, 2.45) is 23.7 Å². The average molecular weight is 292 g/mol. The van der Waals surface area contributed by atoms with Gasteiger partial charge in [0.1, 0.15) is 0 Å². The van der Waals surface area contributed by atoms with Gasteiger partial charge in [0, 0.05) is 10.9 Å². The van der Waals surface area contributed by atoms with Gasteiger partial charge in [-0.15, -0.1) is 11.3 Å². The molecule has 20 heavy (non-hydrogen) atoms. The molecular weight excluding hydrogens is 272 g/mol.